The Morgan fingerprint density at radius 1 is 1.53 bits per heavy atom. The Morgan fingerprint density at radius 3 is 3.00 bits per heavy atom. The topological polar surface area (TPSA) is 61.0 Å². The lowest BCUT2D eigenvalue weighted by Crippen LogP contribution is -2.38. The molecule has 1 aromatic rings. The summed E-state index contributed by atoms with van der Waals surface area (Å²) in [5, 5.41) is 2.89. The molecule has 0 radical (unpaired) electrons. The number of rotatable bonds is 3. The van der Waals surface area contributed by atoms with Crippen LogP contribution in [0.5, 0.6) is 0 Å². The zero-order valence-corrected chi connectivity index (χ0v) is 8.70. The predicted octanol–water partition coefficient (Wildman–Crippen LogP) is 0.758. The second-order valence-corrected chi connectivity index (χ2v) is 3.71. The van der Waals surface area contributed by atoms with Gasteiger partial charge in [0.15, 0.2) is 0 Å². The van der Waals surface area contributed by atoms with Crippen molar-refractivity contribution < 1.29 is 4.79 Å². The lowest BCUT2D eigenvalue weighted by Gasteiger charge is -2.15. The average molecular weight is 208 g/mol. The minimum absolute atomic E-state index is 0.0547. The number of H-pyrrole nitrogens is 1. The van der Waals surface area contributed by atoms with Crippen LogP contribution in [-0.2, 0) is 6.42 Å². The van der Waals surface area contributed by atoms with Crippen LogP contribution in [0.3, 0.4) is 0 Å². The fourth-order valence-electron chi connectivity index (χ4n) is 1.75. The number of imidazole rings is 1. The van der Waals surface area contributed by atoms with E-state index in [2.05, 4.69) is 15.3 Å². The molecule has 5 nitrogen and oxygen atoms in total. The highest BCUT2D eigenvalue weighted by Gasteiger charge is 2.16. The van der Waals surface area contributed by atoms with Crippen LogP contribution in [0.1, 0.15) is 18.7 Å². The Bertz CT molecular complexity index is 303. The summed E-state index contributed by atoms with van der Waals surface area (Å²) < 4.78 is 0. The third-order valence-corrected chi connectivity index (χ3v) is 2.59. The molecule has 82 valence electrons. The lowest BCUT2D eigenvalue weighted by molar-refractivity contribution is 0.209. The standard InChI is InChI=1S/C10H16N4O/c15-10(14-7-1-2-8-14)13-4-3-9-11-5-6-12-9/h5-6H,1-4,7-8H2,(H,11,12)(H,13,15). The van der Waals surface area contributed by atoms with Gasteiger partial charge in [-0.1, -0.05) is 0 Å². The normalized spacial score (nSPS) is 15.6. The number of likely N-dealkylation sites (tertiary alicyclic amines) is 1. The average Bonchev–Trinajstić information content (AvgIpc) is 2.90. The van der Waals surface area contributed by atoms with Crippen molar-refractivity contribution in [1.82, 2.24) is 20.2 Å². The van der Waals surface area contributed by atoms with Gasteiger partial charge in [0.05, 0.1) is 0 Å². The van der Waals surface area contributed by atoms with Gasteiger partial charge >= 0.3 is 6.03 Å². The summed E-state index contributed by atoms with van der Waals surface area (Å²) >= 11 is 0. The molecule has 0 bridgehead atoms. The number of amides is 2. The van der Waals surface area contributed by atoms with Crippen LogP contribution in [0, 0.1) is 0 Å². The molecule has 2 amide bonds. The van der Waals surface area contributed by atoms with E-state index in [1.54, 1.807) is 12.4 Å². The number of urea groups is 1. The molecule has 0 aromatic carbocycles. The third-order valence-electron chi connectivity index (χ3n) is 2.59. The Labute approximate surface area is 88.9 Å². The van der Waals surface area contributed by atoms with Gasteiger partial charge in [0.2, 0.25) is 0 Å². The highest BCUT2D eigenvalue weighted by molar-refractivity contribution is 5.74. The fourth-order valence-corrected chi connectivity index (χ4v) is 1.75. The Hall–Kier alpha value is -1.52. The van der Waals surface area contributed by atoms with Crippen LogP contribution in [0.2, 0.25) is 0 Å². The van der Waals surface area contributed by atoms with Gasteiger partial charge < -0.3 is 15.2 Å². The molecule has 0 spiro atoms. The fraction of sp³-hybridized carbons (Fsp3) is 0.600. The van der Waals surface area contributed by atoms with Crippen LogP contribution in [0.15, 0.2) is 12.4 Å². The molecule has 1 aliphatic rings. The largest absolute Gasteiger partial charge is 0.349 e. The maximum absolute atomic E-state index is 11.6. The monoisotopic (exact) mass is 208 g/mol. The quantitative estimate of drug-likeness (QED) is 0.770. The van der Waals surface area contributed by atoms with Gasteiger partial charge in [-0.2, -0.15) is 0 Å². The van der Waals surface area contributed by atoms with Gasteiger partial charge in [-0.25, -0.2) is 9.78 Å². The molecule has 1 aliphatic heterocycles. The van der Waals surface area contributed by atoms with Crippen molar-refractivity contribution in [2.24, 2.45) is 0 Å². The van der Waals surface area contributed by atoms with Crippen LogP contribution in [-0.4, -0.2) is 40.5 Å². The molecule has 1 saturated heterocycles. The molecule has 0 atom stereocenters. The van der Waals surface area contributed by atoms with Crippen LogP contribution >= 0.6 is 0 Å². The first-order chi connectivity index (χ1) is 7.36. The van der Waals surface area contributed by atoms with E-state index in [0.717, 1.165) is 38.2 Å². The summed E-state index contributed by atoms with van der Waals surface area (Å²) in [6, 6.07) is 0.0547. The number of carbonyl (C=O) groups excluding carboxylic acids is 1. The molecule has 2 rings (SSSR count). The molecule has 0 saturated carbocycles. The first-order valence-electron chi connectivity index (χ1n) is 5.37. The molecule has 1 fully saturated rings. The van der Waals surface area contributed by atoms with Gasteiger partial charge in [-0.05, 0) is 12.8 Å². The summed E-state index contributed by atoms with van der Waals surface area (Å²) in [5.74, 6) is 0.914. The van der Waals surface area contributed by atoms with Gasteiger partial charge in [0.1, 0.15) is 5.82 Å². The molecular formula is C10H16N4O. The van der Waals surface area contributed by atoms with Gasteiger partial charge in [0.25, 0.3) is 0 Å². The zero-order valence-electron chi connectivity index (χ0n) is 8.70. The first kappa shape index (κ1) is 10.0. The summed E-state index contributed by atoms with van der Waals surface area (Å²) in [5.41, 5.74) is 0. The SMILES string of the molecule is O=C(NCCc1ncc[nH]1)N1CCCC1. The van der Waals surface area contributed by atoms with E-state index in [9.17, 15) is 4.79 Å². The second kappa shape index (κ2) is 4.82. The second-order valence-electron chi connectivity index (χ2n) is 3.71. The minimum atomic E-state index is 0.0547. The lowest BCUT2D eigenvalue weighted by atomic mass is 10.4. The minimum Gasteiger partial charge on any atom is -0.349 e. The van der Waals surface area contributed by atoms with E-state index in [1.807, 2.05) is 4.90 Å². The molecule has 15 heavy (non-hydrogen) atoms. The summed E-state index contributed by atoms with van der Waals surface area (Å²) in [6.45, 7) is 2.43. The first-order valence-corrected chi connectivity index (χ1v) is 5.37. The Kier molecular flexibility index (Phi) is 3.22. The van der Waals surface area contributed by atoms with Crippen molar-refractivity contribution in [2.75, 3.05) is 19.6 Å². The number of aromatic nitrogens is 2. The van der Waals surface area contributed by atoms with E-state index < -0.39 is 0 Å². The van der Waals surface area contributed by atoms with E-state index in [-0.39, 0.29) is 6.03 Å². The highest BCUT2D eigenvalue weighted by Crippen LogP contribution is 2.06. The van der Waals surface area contributed by atoms with E-state index in [4.69, 9.17) is 0 Å². The number of nitrogens with zero attached hydrogens (tertiary/aromatic N) is 2. The number of aromatic amines is 1. The van der Waals surface area contributed by atoms with Crippen molar-refractivity contribution in [3.8, 4) is 0 Å². The summed E-state index contributed by atoms with van der Waals surface area (Å²) in [4.78, 5) is 20.5. The van der Waals surface area contributed by atoms with Crippen molar-refractivity contribution >= 4 is 6.03 Å². The Morgan fingerprint density at radius 2 is 2.33 bits per heavy atom. The zero-order chi connectivity index (χ0) is 10.5. The third kappa shape index (κ3) is 2.71. The summed E-state index contributed by atoms with van der Waals surface area (Å²) in [6.07, 6.45) is 6.53. The van der Waals surface area contributed by atoms with Gasteiger partial charge in [0, 0.05) is 38.4 Å². The van der Waals surface area contributed by atoms with Crippen molar-refractivity contribution in [3.63, 3.8) is 0 Å². The number of nitrogens with one attached hydrogen (secondary N) is 2. The van der Waals surface area contributed by atoms with Crippen molar-refractivity contribution in [3.05, 3.63) is 18.2 Å². The molecule has 1 aromatic heterocycles. The van der Waals surface area contributed by atoms with Crippen molar-refractivity contribution in [2.45, 2.75) is 19.3 Å². The number of carbonyl (C=O) groups is 1. The summed E-state index contributed by atoms with van der Waals surface area (Å²) in [7, 11) is 0. The van der Waals surface area contributed by atoms with Crippen LogP contribution in [0.4, 0.5) is 4.79 Å². The van der Waals surface area contributed by atoms with E-state index in [1.165, 1.54) is 0 Å². The molecule has 0 unspecified atom stereocenters. The molecule has 2 N–H and O–H groups in total. The maximum atomic E-state index is 11.6. The molecule has 0 aliphatic carbocycles. The van der Waals surface area contributed by atoms with Crippen LogP contribution in [0.25, 0.3) is 0 Å². The maximum Gasteiger partial charge on any atom is 0.317 e. The molecular weight excluding hydrogens is 192 g/mol. The smallest absolute Gasteiger partial charge is 0.317 e. The molecule has 2 heterocycles. The van der Waals surface area contributed by atoms with Gasteiger partial charge in [-0.15, -0.1) is 0 Å². The molecule has 5 heteroatoms. The van der Waals surface area contributed by atoms with Crippen LogP contribution < -0.4 is 5.32 Å². The van der Waals surface area contributed by atoms with Crippen molar-refractivity contribution in [1.29, 1.82) is 0 Å². The van der Waals surface area contributed by atoms with Gasteiger partial charge in [-0.3, -0.25) is 0 Å². The predicted molar refractivity (Wildman–Crippen MR) is 56.5 cm³/mol. The van der Waals surface area contributed by atoms with E-state index in [0.29, 0.717) is 6.54 Å². The number of hydrogen-bond acceptors (Lipinski definition) is 2. The number of hydrogen-bond donors (Lipinski definition) is 2. The van der Waals surface area contributed by atoms with E-state index >= 15 is 0 Å². The highest BCUT2D eigenvalue weighted by atomic mass is 16.2. The Balaban J connectivity index is 1.67.